The van der Waals surface area contributed by atoms with Gasteiger partial charge in [-0.2, -0.15) is 0 Å². The number of hydrogen-bond donors (Lipinski definition) is 1. The zero-order valence-electron chi connectivity index (χ0n) is 20.7. The normalized spacial score (nSPS) is 11.5. The summed E-state index contributed by atoms with van der Waals surface area (Å²) in [5.41, 5.74) is 0. The van der Waals surface area contributed by atoms with Crippen LogP contribution in [0.1, 0.15) is 150 Å². The fourth-order valence-electron chi connectivity index (χ4n) is 3.32. The van der Waals surface area contributed by atoms with Gasteiger partial charge < -0.3 is 9.84 Å². The standard InChI is InChI=1S/C16H32O2.C10H20O2/c1-4-7-9-10-12-14-16(17)18-15(6-3)13-11-8-5-2;1-2-3-4-5-6-7-8-9-10(11)12/h15H,4-14H2,1-3H3;2-9H2,1H3,(H,11,12). The van der Waals surface area contributed by atoms with Crippen LogP contribution in [0.15, 0.2) is 0 Å². The Morgan fingerprint density at radius 3 is 1.53 bits per heavy atom. The number of carboxylic acid groups (broad SMARTS) is 1. The molecule has 0 aliphatic carbocycles. The maximum absolute atomic E-state index is 11.7. The lowest BCUT2D eigenvalue weighted by atomic mass is 10.1. The lowest BCUT2D eigenvalue weighted by molar-refractivity contribution is -0.149. The van der Waals surface area contributed by atoms with E-state index in [9.17, 15) is 9.59 Å². The van der Waals surface area contributed by atoms with Gasteiger partial charge >= 0.3 is 11.9 Å². The minimum absolute atomic E-state index is 0.00912. The Hall–Kier alpha value is -1.06. The number of carbonyl (C=O) groups excluding carboxylic acids is 1. The van der Waals surface area contributed by atoms with E-state index in [0.717, 1.165) is 38.5 Å². The van der Waals surface area contributed by atoms with Crippen molar-refractivity contribution >= 4 is 11.9 Å². The molecule has 1 N–H and O–H groups in total. The number of rotatable bonds is 20. The smallest absolute Gasteiger partial charge is 0.306 e. The van der Waals surface area contributed by atoms with Crippen LogP contribution in [0.4, 0.5) is 0 Å². The highest BCUT2D eigenvalue weighted by Gasteiger charge is 2.11. The van der Waals surface area contributed by atoms with E-state index in [1.165, 1.54) is 70.6 Å². The molecule has 0 fully saturated rings. The van der Waals surface area contributed by atoms with Gasteiger partial charge in [0, 0.05) is 12.8 Å². The SMILES string of the molecule is CCCCCCCC(=O)OC(CC)CCCCC.CCCCCCCCCC(=O)O. The first-order chi connectivity index (χ1) is 14.5. The fraction of sp³-hybridized carbons (Fsp3) is 0.923. The lowest BCUT2D eigenvalue weighted by Crippen LogP contribution is -2.17. The number of unbranched alkanes of at least 4 members (excludes halogenated alkanes) is 12. The van der Waals surface area contributed by atoms with E-state index in [4.69, 9.17) is 9.84 Å². The Bertz CT molecular complexity index is 368. The average Bonchev–Trinajstić information content (AvgIpc) is 2.72. The molecule has 30 heavy (non-hydrogen) atoms. The molecule has 0 aromatic rings. The number of ether oxygens (including phenoxy) is 1. The van der Waals surface area contributed by atoms with Crippen LogP contribution in [0.2, 0.25) is 0 Å². The van der Waals surface area contributed by atoms with Crippen LogP contribution in [0.3, 0.4) is 0 Å². The van der Waals surface area contributed by atoms with Crippen LogP contribution in [0.25, 0.3) is 0 Å². The van der Waals surface area contributed by atoms with Gasteiger partial charge in [0.1, 0.15) is 6.10 Å². The zero-order valence-corrected chi connectivity index (χ0v) is 20.7. The van der Waals surface area contributed by atoms with E-state index in [1.54, 1.807) is 0 Å². The van der Waals surface area contributed by atoms with E-state index < -0.39 is 5.97 Å². The highest BCUT2D eigenvalue weighted by Crippen LogP contribution is 2.13. The maximum Gasteiger partial charge on any atom is 0.306 e. The average molecular weight is 429 g/mol. The highest BCUT2D eigenvalue weighted by atomic mass is 16.5. The third-order valence-corrected chi connectivity index (χ3v) is 5.36. The van der Waals surface area contributed by atoms with E-state index >= 15 is 0 Å². The van der Waals surface area contributed by atoms with E-state index in [2.05, 4.69) is 27.7 Å². The van der Waals surface area contributed by atoms with Crippen molar-refractivity contribution < 1.29 is 19.4 Å². The summed E-state index contributed by atoms with van der Waals surface area (Å²) in [4.78, 5) is 21.8. The molecule has 0 rings (SSSR count). The van der Waals surface area contributed by atoms with Crippen LogP contribution >= 0.6 is 0 Å². The Labute approximate surface area is 187 Å². The van der Waals surface area contributed by atoms with Crippen molar-refractivity contribution in [3.05, 3.63) is 0 Å². The molecule has 1 unspecified atom stereocenters. The molecule has 0 heterocycles. The van der Waals surface area contributed by atoms with Crippen molar-refractivity contribution in [2.45, 2.75) is 156 Å². The molecule has 1 atom stereocenters. The van der Waals surface area contributed by atoms with Crippen LogP contribution in [-0.4, -0.2) is 23.1 Å². The predicted octanol–water partition coefficient (Wildman–Crippen LogP) is 8.46. The minimum Gasteiger partial charge on any atom is -0.481 e. The van der Waals surface area contributed by atoms with Crippen LogP contribution in [0, 0.1) is 0 Å². The van der Waals surface area contributed by atoms with Gasteiger partial charge in [-0.15, -0.1) is 0 Å². The Morgan fingerprint density at radius 2 is 1.07 bits per heavy atom. The van der Waals surface area contributed by atoms with Crippen molar-refractivity contribution in [1.29, 1.82) is 0 Å². The van der Waals surface area contributed by atoms with E-state index in [1.807, 2.05) is 0 Å². The van der Waals surface area contributed by atoms with Crippen molar-refractivity contribution in [2.24, 2.45) is 0 Å². The summed E-state index contributed by atoms with van der Waals surface area (Å²) in [6, 6.07) is 0. The number of carboxylic acids is 1. The number of esters is 1. The molecule has 0 aliphatic rings. The van der Waals surface area contributed by atoms with Gasteiger partial charge in [-0.05, 0) is 32.1 Å². The van der Waals surface area contributed by atoms with Crippen LogP contribution in [0.5, 0.6) is 0 Å². The minimum atomic E-state index is -0.663. The molecule has 0 radical (unpaired) electrons. The molecule has 4 heteroatoms. The van der Waals surface area contributed by atoms with Gasteiger partial charge in [-0.3, -0.25) is 9.59 Å². The quantitative estimate of drug-likeness (QED) is 0.156. The van der Waals surface area contributed by atoms with Gasteiger partial charge in [-0.1, -0.05) is 105 Å². The number of carbonyl (C=O) groups is 2. The summed E-state index contributed by atoms with van der Waals surface area (Å²) in [7, 11) is 0. The molecule has 0 saturated carbocycles. The van der Waals surface area contributed by atoms with Gasteiger partial charge in [0.25, 0.3) is 0 Å². The van der Waals surface area contributed by atoms with Crippen molar-refractivity contribution in [3.63, 3.8) is 0 Å². The maximum atomic E-state index is 11.7. The second-order valence-electron chi connectivity index (χ2n) is 8.45. The second-order valence-corrected chi connectivity index (χ2v) is 8.45. The van der Waals surface area contributed by atoms with Gasteiger partial charge in [-0.25, -0.2) is 0 Å². The first-order valence-electron chi connectivity index (χ1n) is 12.9. The summed E-state index contributed by atoms with van der Waals surface area (Å²) in [6.45, 7) is 8.70. The number of aliphatic carboxylic acids is 1. The molecule has 4 nitrogen and oxygen atoms in total. The van der Waals surface area contributed by atoms with Crippen molar-refractivity contribution in [3.8, 4) is 0 Å². The molecule has 180 valence electrons. The lowest BCUT2D eigenvalue weighted by Gasteiger charge is -2.16. The molecular formula is C26H52O4. The highest BCUT2D eigenvalue weighted by molar-refractivity contribution is 5.69. The monoisotopic (exact) mass is 428 g/mol. The molecule has 0 aromatic carbocycles. The van der Waals surface area contributed by atoms with Crippen molar-refractivity contribution in [1.82, 2.24) is 0 Å². The number of hydrogen-bond acceptors (Lipinski definition) is 3. The van der Waals surface area contributed by atoms with E-state index in [-0.39, 0.29) is 12.1 Å². The molecule has 0 aliphatic heterocycles. The first kappa shape index (κ1) is 31.1. The topological polar surface area (TPSA) is 63.6 Å². The van der Waals surface area contributed by atoms with Crippen LogP contribution < -0.4 is 0 Å². The summed E-state index contributed by atoms with van der Waals surface area (Å²) >= 11 is 0. The largest absolute Gasteiger partial charge is 0.481 e. The van der Waals surface area contributed by atoms with E-state index in [0.29, 0.717) is 12.8 Å². The molecule has 0 amide bonds. The first-order valence-corrected chi connectivity index (χ1v) is 12.9. The fourth-order valence-corrected chi connectivity index (χ4v) is 3.32. The Morgan fingerprint density at radius 1 is 0.633 bits per heavy atom. The molecule has 0 bridgehead atoms. The Balaban J connectivity index is 0. The van der Waals surface area contributed by atoms with Gasteiger partial charge in [0.2, 0.25) is 0 Å². The Kier molecular flexibility index (Phi) is 27.0. The molecular weight excluding hydrogens is 376 g/mol. The third-order valence-electron chi connectivity index (χ3n) is 5.36. The van der Waals surface area contributed by atoms with Crippen LogP contribution in [-0.2, 0) is 14.3 Å². The predicted molar refractivity (Wildman–Crippen MR) is 128 cm³/mol. The summed E-state index contributed by atoms with van der Waals surface area (Å²) in [5, 5.41) is 8.35. The molecule has 0 saturated heterocycles. The summed E-state index contributed by atoms with van der Waals surface area (Å²) in [6.07, 6.45) is 21.0. The molecule has 0 spiro atoms. The van der Waals surface area contributed by atoms with Gasteiger partial charge in [0.15, 0.2) is 0 Å². The summed E-state index contributed by atoms with van der Waals surface area (Å²) < 4.78 is 5.51. The zero-order chi connectivity index (χ0) is 22.9. The third kappa shape index (κ3) is 26.9. The second kappa shape index (κ2) is 26.0. The molecule has 0 aromatic heterocycles. The van der Waals surface area contributed by atoms with Gasteiger partial charge in [0.05, 0.1) is 0 Å². The van der Waals surface area contributed by atoms with Crippen molar-refractivity contribution in [2.75, 3.05) is 0 Å². The summed E-state index contributed by atoms with van der Waals surface area (Å²) in [5.74, 6) is -0.654.